The quantitative estimate of drug-likeness (QED) is 0.635. The fourth-order valence-corrected chi connectivity index (χ4v) is 5.22. The smallest absolute Gasteiger partial charge is 0.248 e. The molecule has 0 radical (unpaired) electrons. The molecule has 1 N–H and O–H groups in total. The summed E-state index contributed by atoms with van der Waals surface area (Å²) in [5, 5.41) is 5.59. The van der Waals surface area contributed by atoms with Gasteiger partial charge in [-0.3, -0.25) is 9.59 Å². The summed E-state index contributed by atoms with van der Waals surface area (Å²) >= 11 is 3.04. The number of nitrogens with zero attached hydrogens (tertiary/aromatic N) is 2. The fourth-order valence-electron chi connectivity index (χ4n) is 3.26. The molecule has 8 heteroatoms. The number of rotatable bonds is 5. The van der Waals surface area contributed by atoms with Crippen molar-refractivity contribution in [2.45, 2.75) is 33.2 Å². The molecule has 0 spiro atoms. The highest BCUT2D eigenvalue weighted by atomic mass is 32.2. The molecule has 1 fully saturated rings. The second-order valence-electron chi connectivity index (χ2n) is 7.40. The van der Waals surface area contributed by atoms with Crippen molar-refractivity contribution in [3.63, 3.8) is 0 Å². The van der Waals surface area contributed by atoms with E-state index in [0.29, 0.717) is 23.1 Å². The number of thioether (sulfide) groups is 1. The molecule has 0 saturated carbocycles. The maximum atomic E-state index is 12.9. The standard InChI is InChI=1S/C22H23N3O3S2/c1-13-4-6-16(8-14(13)2)23-21(27)18-11-29-12-25(18)20(26)9-17-10-30-22(24-17)19-7-5-15(3)28-19/h4-8,10,18H,9,11-12H2,1-3H3,(H,23,27). The van der Waals surface area contributed by atoms with Crippen LogP contribution in [0.5, 0.6) is 0 Å². The summed E-state index contributed by atoms with van der Waals surface area (Å²) in [6.07, 6.45) is 0.171. The highest BCUT2D eigenvalue weighted by Crippen LogP contribution is 2.27. The van der Waals surface area contributed by atoms with Crippen LogP contribution in [0.3, 0.4) is 0 Å². The van der Waals surface area contributed by atoms with Gasteiger partial charge in [-0.05, 0) is 56.2 Å². The molecule has 4 rings (SSSR count). The van der Waals surface area contributed by atoms with Gasteiger partial charge in [-0.25, -0.2) is 4.98 Å². The normalized spacial score (nSPS) is 16.1. The average molecular weight is 442 g/mol. The lowest BCUT2D eigenvalue weighted by Gasteiger charge is -2.23. The number of thiazole rings is 1. The molecule has 0 aliphatic carbocycles. The van der Waals surface area contributed by atoms with Gasteiger partial charge in [0, 0.05) is 16.8 Å². The van der Waals surface area contributed by atoms with E-state index in [-0.39, 0.29) is 18.2 Å². The molecule has 1 saturated heterocycles. The summed E-state index contributed by atoms with van der Waals surface area (Å²) in [5.41, 5.74) is 3.74. The van der Waals surface area contributed by atoms with E-state index in [0.717, 1.165) is 22.0 Å². The van der Waals surface area contributed by atoms with E-state index in [1.807, 2.05) is 56.5 Å². The fraction of sp³-hybridized carbons (Fsp3) is 0.318. The van der Waals surface area contributed by atoms with Crippen molar-refractivity contribution in [2.75, 3.05) is 16.9 Å². The van der Waals surface area contributed by atoms with Crippen LogP contribution in [0.25, 0.3) is 10.8 Å². The molecule has 1 atom stereocenters. The van der Waals surface area contributed by atoms with Gasteiger partial charge in [-0.2, -0.15) is 0 Å². The van der Waals surface area contributed by atoms with Gasteiger partial charge in [-0.15, -0.1) is 23.1 Å². The Morgan fingerprint density at radius 1 is 1.20 bits per heavy atom. The first kappa shape index (κ1) is 20.7. The minimum atomic E-state index is -0.477. The highest BCUT2D eigenvalue weighted by Gasteiger charge is 2.34. The molecule has 3 aromatic rings. The van der Waals surface area contributed by atoms with Gasteiger partial charge in [-0.1, -0.05) is 6.07 Å². The van der Waals surface area contributed by atoms with Crippen LogP contribution < -0.4 is 5.32 Å². The maximum absolute atomic E-state index is 12.9. The molecule has 1 aliphatic heterocycles. The number of benzene rings is 1. The minimum Gasteiger partial charge on any atom is -0.459 e. The van der Waals surface area contributed by atoms with Crippen LogP contribution in [-0.4, -0.2) is 39.4 Å². The molecule has 0 bridgehead atoms. The molecular formula is C22H23N3O3S2. The SMILES string of the molecule is Cc1ccc(-c2nc(CC(=O)N3CSCC3C(=O)Nc3ccc(C)c(C)c3)cs2)o1. The zero-order chi connectivity index (χ0) is 21.3. The Morgan fingerprint density at radius 3 is 2.77 bits per heavy atom. The third kappa shape index (κ3) is 4.44. The van der Waals surface area contributed by atoms with E-state index in [1.54, 1.807) is 16.7 Å². The van der Waals surface area contributed by atoms with Crippen LogP contribution >= 0.6 is 23.1 Å². The predicted molar refractivity (Wildman–Crippen MR) is 121 cm³/mol. The average Bonchev–Trinajstić information content (AvgIpc) is 3.45. The molecule has 6 nitrogen and oxygen atoms in total. The van der Waals surface area contributed by atoms with Gasteiger partial charge in [0.1, 0.15) is 11.8 Å². The van der Waals surface area contributed by atoms with Gasteiger partial charge in [0.25, 0.3) is 0 Å². The number of aromatic nitrogens is 1. The summed E-state index contributed by atoms with van der Waals surface area (Å²) in [6, 6.07) is 9.12. The number of carbonyl (C=O) groups excluding carboxylic acids is 2. The zero-order valence-electron chi connectivity index (χ0n) is 17.1. The van der Waals surface area contributed by atoms with Crippen molar-refractivity contribution in [3.8, 4) is 10.8 Å². The summed E-state index contributed by atoms with van der Waals surface area (Å²) in [7, 11) is 0. The third-order valence-electron chi connectivity index (χ3n) is 5.11. The van der Waals surface area contributed by atoms with Crippen molar-refractivity contribution in [3.05, 3.63) is 58.3 Å². The van der Waals surface area contributed by atoms with Crippen LogP contribution in [-0.2, 0) is 16.0 Å². The zero-order valence-corrected chi connectivity index (χ0v) is 18.7. The Balaban J connectivity index is 1.41. The number of hydrogen-bond acceptors (Lipinski definition) is 6. The van der Waals surface area contributed by atoms with Crippen LogP contribution in [0.1, 0.15) is 22.6 Å². The Labute approximate surface area is 183 Å². The van der Waals surface area contributed by atoms with Gasteiger partial charge >= 0.3 is 0 Å². The summed E-state index contributed by atoms with van der Waals surface area (Å²) < 4.78 is 5.60. The van der Waals surface area contributed by atoms with Crippen LogP contribution in [0.2, 0.25) is 0 Å². The van der Waals surface area contributed by atoms with E-state index < -0.39 is 6.04 Å². The number of anilines is 1. The Hall–Kier alpha value is -2.58. The topological polar surface area (TPSA) is 75.4 Å². The van der Waals surface area contributed by atoms with Gasteiger partial charge < -0.3 is 14.6 Å². The van der Waals surface area contributed by atoms with E-state index in [2.05, 4.69) is 10.3 Å². The Morgan fingerprint density at radius 2 is 2.03 bits per heavy atom. The van der Waals surface area contributed by atoms with Crippen LogP contribution in [0, 0.1) is 20.8 Å². The molecule has 2 amide bonds. The first-order valence-electron chi connectivity index (χ1n) is 9.67. The summed E-state index contributed by atoms with van der Waals surface area (Å²) in [5.74, 6) is 2.40. The molecule has 1 unspecified atom stereocenters. The lowest BCUT2D eigenvalue weighted by atomic mass is 10.1. The molecule has 2 aromatic heterocycles. The first-order chi connectivity index (χ1) is 14.4. The monoisotopic (exact) mass is 441 g/mol. The number of aryl methyl sites for hydroxylation is 3. The lowest BCUT2D eigenvalue weighted by molar-refractivity contribution is -0.135. The van der Waals surface area contributed by atoms with Crippen molar-refractivity contribution >= 4 is 40.6 Å². The number of hydrogen-bond donors (Lipinski definition) is 1. The van der Waals surface area contributed by atoms with E-state index in [4.69, 9.17) is 4.42 Å². The molecular weight excluding hydrogens is 418 g/mol. The highest BCUT2D eigenvalue weighted by molar-refractivity contribution is 7.99. The summed E-state index contributed by atoms with van der Waals surface area (Å²) in [4.78, 5) is 31.9. The number of carbonyl (C=O) groups is 2. The molecule has 3 heterocycles. The molecule has 156 valence electrons. The summed E-state index contributed by atoms with van der Waals surface area (Å²) in [6.45, 7) is 5.93. The minimum absolute atomic E-state index is 0.0901. The van der Waals surface area contributed by atoms with E-state index >= 15 is 0 Å². The third-order valence-corrected chi connectivity index (χ3v) is 7.03. The van der Waals surface area contributed by atoms with Crippen molar-refractivity contribution in [2.24, 2.45) is 0 Å². The number of nitrogens with one attached hydrogen (secondary N) is 1. The number of amides is 2. The largest absolute Gasteiger partial charge is 0.459 e. The van der Waals surface area contributed by atoms with E-state index in [1.165, 1.54) is 16.9 Å². The second-order valence-corrected chi connectivity index (χ2v) is 9.26. The maximum Gasteiger partial charge on any atom is 0.248 e. The van der Waals surface area contributed by atoms with Gasteiger partial charge in [0.2, 0.25) is 11.8 Å². The molecule has 1 aromatic carbocycles. The van der Waals surface area contributed by atoms with E-state index in [9.17, 15) is 9.59 Å². The van der Waals surface area contributed by atoms with Gasteiger partial charge in [0.15, 0.2) is 10.8 Å². The van der Waals surface area contributed by atoms with Crippen molar-refractivity contribution in [1.82, 2.24) is 9.88 Å². The lowest BCUT2D eigenvalue weighted by Crippen LogP contribution is -2.45. The van der Waals surface area contributed by atoms with Gasteiger partial charge in [0.05, 0.1) is 18.0 Å². The van der Waals surface area contributed by atoms with Crippen LogP contribution in [0.4, 0.5) is 5.69 Å². The predicted octanol–water partition coefficient (Wildman–Crippen LogP) is 4.41. The second kappa shape index (κ2) is 8.65. The Bertz CT molecular complexity index is 1090. The van der Waals surface area contributed by atoms with Crippen molar-refractivity contribution < 1.29 is 14.0 Å². The molecule has 1 aliphatic rings. The first-order valence-corrected chi connectivity index (χ1v) is 11.7. The Kier molecular flexibility index (Phi) is 5.97. The van der Waals surface area contributed by atoms with Crippen molar-refractivity contribution in [1.29, 1.82) is 0 Å². The van der Waals surface area contributed by atoms with Crippen LogP contribution in [0.15, 0.2) is 40.1 Å². The molecule has 30 heavy (non-hydrogen) atoms. The number of furan rings is 1.